The first kappa shape index (κ1) is 19.6. The fraction of sp³-hybridized carbons (Fsp3) is 0.333. The lowest BCUT2D eigenvalue weighted by molar-refractivity contribution is 0.0614. The number of benzene rings is 2. The van der Waals surface area contributed by atoms with Gasteiger partial charge in [-0.2, -0.15) is 0 Å². The maximum absolute atomic E-state index is 12.8. The van der Waals surface area contributed by atoms with Crippen LogP contribution >= 0.6 is 11.8 Å². The molecule has 0 saturated carbocycles. The molecule has 1 aliphatic rings. The standard InChI is InChI=1S/C21H24N2O3S/c24-14-13-22-9-11-23(12-10-22)21(26)18-7-4-8-19(15-18)27-16-20(25)17-5-2-1-3-6-17/h1-8,15,24H,9-14,16H2. The Balaban J connectivity index is 1.57. The molecule has 2 aromatic rings. The molecule has 6 heteroatoms. The maximum Gasteiger partial charge on any atom is 0.253 e. The summed E-state index contributed by atoms with van der Waals surface area (Å²) in [4.78, 5) is 29.9. The van der Waals surface area contributed by atoms with Gasteiger partial charge >= 0.3 is 0 Å². The van der Waals surface area contributed by atoms with E-state index >= 15 is 0 Å². The topological polar surface area (TPSA) is 60.9 Å². The summed E-state index contributed by atoms with van der Waals surface area (Å²) in [5.41, 5.74) is 1.36. The molecule has 27 heavy (non-hydrogen) atoms. The average molecular weight is 385 g/mol. The Bertz CT molecular complexity index is 774. The molecule has 5 nitrogen and oxygen atoms in total. The van der Waals surface area contributed by atoms with Gasteiger partial charge in [0.25, 0.3) is 5.91 Å². The van der Waals surface area contributed by atoms with Crippen LogP contribution in [0.5, 0.6) is 0 Å². The number of hydrogen-bond donors (Lipinski definition) is 1. The smallest absolute Gasteiger partial charge is 0.253 e. The highest BCUT2D eigenvalue weighted by Crippen LogP contribution is 2.21. The summed E-state index contributed by atoms with van der Waals surface area (Å²) in [5.74, 6) is 0.453. The summed E-state index contributed by atoms with van der Waals surface area (Å²) in [7, 11) is 0. The van der Waals surface area contributed by atoms with E-state index in [0.717, 1.165) is 18.0 Å². The van der Waals surface area contributed by atoms with E-state index in [-0.39, 0.29) is 18.3 Å². The zero-order valence-corrected chi connectivity index (χ0v) is 16.0. The molecule has 1 fully saturated rings. The van der Waals surface area contributed by atoms with Gasteiger partial charge in [0.1, 0.15) is 0 Å². The van der Waals surface area contributed by atoms with Gasteiger partial charge in [-0.3, -0.25) is 14.5 Å². The molecule has 0 atom stereocenters. The van der Waals surface area contributed by atoms with Gasteiger partial charge in [0, 0.05) is 48.7 Å². The van der Waals surface area contributed by atoms with E-state index < -0.39 is 0 Å². The number of piperazine rings is 1. The Labute approximate surface area is 164 Å². The highest BCUT2D eigenvalue weighted by Gasteiger charge is 2.22. The molecule has 1 amide bonds. The molecule has 2 aromatic carbocycles. The van der Waals surface area contributed by atoms with Gasteiger partial charge in [-0.05, 0) is 18.2 Å². The number of carbonyl (C=O) groups is 2. The molecule has 1 aliphatic heterocycles. The van der Waals surface area contributed by atoms with Crippen LogP contribution in [0.4, 0.5) is 0 Å². The van der Waals surface area contributed by atoms with Crippen LogP contribution in [0.2, 0.25) is 0 Å². The monoisotopic (exact) mass is 384 g/mol. The molecule has 0 unspecified atom stereocenters. The van der Waals surface area contributed by atoms with Crippen LogP contribution in [0.25, 0.3) is 0 Å². The second-order valence-electron chi connectivity index (χ2n) is 6.46. The van der Waals surface area contributed by atoms with E-state index in [9.17, 15) is 9.59 Å². The molecule has 0 bridgehead atoms. The zero-order valence-electron chi connectivity index (χ0n) is 15.2. The second-order valence-corrected chi connectivity index (χ2v) is 7.51. The minimum Gasteiger partial charge on any atom is -0.395 e. The molecule has 142 valence electrons. The predicted octanol–water partition coefficient (Wildman–Crippen LogP) is 2.41. The lowest BCUT2D eigenvalue weighted by Gasteiger charge is -2.34. The van der Waals surface area contributed by atoms with Crippen LogP contribution in [0, 0.1) is 0 Å². The maximum atomic E-state index is 12.8. The molecule has 1 N–H and O–H groups in total. The number of β-amino-alcohol motifs (C(OH)–C–C–N with tert-alkyl or cyclic N) is 1. The lowest BCUT2D eigenvalue weighted by atomic mass is 10.1. The summed E-state index contributed by atoms with van der Waals surface area (Å²) in [6.45, 7) is 3.71. The van der Waals surface area contributed by atoms with Crippen molar-refractivity contribution < 1.29 is 14.7 Å². The zero-order chi connectivity index (χ0) is 19.1. The highest BCUT2D eigenvalue weighted by atomic mass is 32.2. The van der Waals surface area contributed by atoms with Gasteiger partial charge in [0.05, 0.1) is 12.4 Å². The van der Waals surface area contributed by atoms with E-state index in [1.54, 1.807) is 0 Å². The van der Waals surface area contributed by atoms with E-state index in [0.29, 0.717) is 36.5 Å². The Morgan fingerprint density at radius 3 is 2.33 bits per heavy atom. The fourth-order valence-electron chi connectivity index (χ4n) is 3.07. The van der Waals surface area contributed by atoms with Crippen molar-refractivity contribution in [1.29, 1.82) is 0 Å². The molecule has 1 saturated heterocycles. The van der Waals surface area contributed by atoms with Crippen LogP contribution in [0.15, 0.2) is 59.5 Å². The molecule has 3 rings (SSSR count). The number of carbonyl (C=O) groups excluding carboxylic acids is 2. The quantitative estimate of drug-likeness (QED) is 0.587. The first-order valence-electron chi connectivity index (χ1n) is 9.11. The van der Waals surface area contributed by atoms with Crippen molar-refractivity contribution in [2.24, 2.45) is 0 Å². The van der Waals surface area contributed by atoms with Crippen LogP contribution < -0.4 is 0 Å². The number of amides is 1. The first-order valence-corrected chi connectivity index (χ1v) is 10.1. The summed E-state index contributed by atoms with van der Waals surface area (Å²) in [6.07, 6.45) is 0. The molecular formula is C21H24N2O3S. The first-order chi connectivity index (χ1) is 13.2. The SMILES string of the molecule is O=C(CSc1cccc(C(=O)N2CCN(CCO)CC2)c1)c1ccccc1. The van der Waals surface area contributed by atoms with Gasteiger partial charge < -0.3 is 10.0 Å². The van der Waals surface area contributed by atoms with Crippen molar-refractivity contribution in [2.75, 3.05) is 45.1 Å². The van der Waals surface area contributed by atoms with Crippen molar-refractivity contribution in [3.05, 3.63) is 65.7 Å². The largest absolute Gasteiger partial charge is 0.395 e. The van der Waals surface area contributed by atoms with Crippen molar-refractivity contribution in [3.8, 4) is 0 Å². The van der Waals surface area contributed by atoms with Crippen molar-refractivity contribution in [1.82, 2.24) is 9.80 Å². The number of nitrogens with zero attached hydrogens (tertiary/aromatic N) is 2. The van der Waals surface area contributed by atoms with Gasteiger partial charge in [-0.1, -0.05) is 36.4 Å². The Morgan fingerprint density at radius 1 is 0.926 bits per heavy atom. The minimum atomic E-state index is 0.0236. The van der Waals surface area contributed by atoms with Gasteiger partial charge in [0.15, 0.2) is 5.78 Å². The van der Waals surface area contributed by atoms with Crippen LogP contribution in [0.3, 0.4) is 0 Å². The van der Waals surface area contributed by atoms with E-state index in [2.05, 4.69) is 4.90 Å². The third-order valence-corrected chi connectivity index (χ3v) is 5.62. The number of aliphatic hydroxyl groups excluding tert-OH is 1. The third-order valence-electron chi connectivity index (χ3n) is 4.62. The van der Waals surface area contributed by atoms with Gasteiger partial charge in [-0.25, -0.2) is 0 Å². The Morgan fingerprint density at radius 2 is 1.63 bits per heavy atom. The van der Waals surface area contributed by atoms with E-state index in [1.165, 1.54) is 11.8 Å². The molecule has 0 spiro atoms. The summed E-state index contributed by atoms with van der Waals surface area (Å²) in [6, 6.07) is 16.7. The molecule has 0 aromatic heterocycles. The van der Waals surface area contributed by atoms with Gasteiger partial charge in [0.2, 0.25) is 0 Å². The second kappa shape index (κ2) is 9.69. The average Bonchev–Trinajstić information content (AvgIpc) is 2.73. The van der Waals surface area contributed by atoms with Crippen molar-refractivity contribution >= 4 is 23.5 Å². The third kappa shape index (κ3) is 5.42. The molecular weight excluding hydrogens is 360 g/mol. The Hall–Kier alpha value is -2.15. The molecule has 0 aliphatic carbocycles. The van der Waals surface area contributed by atoms with Crippen molar-refractivity contribution in [2.45, 2.75) is 4.90 Å². The Kier molecular flexibility index (Phi) is 7.04. The minimum absolute atomic E-state index is 0.0236. The number of rotatable bonds is 7. The van der Waals surface area contributed by atoms with E-state index in [1.807, 2.05) is 59.5 Å². The number of aliphatic hydroxyl groups is 1. The fourth-order valence-corrected chi connectivity index (χ4v) is 3.92. The highest BCUT2D eigenvalue weighted by molar-refractivity contribution is 8.00. The van der Waals surface area contributed by atoms with Crippen LogP contribution in [-0.4, -0.2) is 71.7 Å². The summed E-state index contributed by atoms with van der Waals surface area (Å²) in [5, 5.41) is 9.02. The predicted molar refractivity (Wildman–Crippen MR) is 107 cm³/mol. The number of Topliss-reactive ketones (excluding diaryl/α,β-unsaturated/α-hetero) is 1. The lowest BCUT2D eigenvalue weighted by Crippen LogP contribution is -2.49. The van der Waals surface area contributed by atoms with E-state index in [4.69, 9.17) is 5.11 Å². The normalized spacial score (nSPS) is 14.9. The number of hydrogen-bond acceptors (Lipinski definition) is 5. The van der Waals surface area contributed by atoms with Crippen LogP contribution in [0.1, 0.15) is 20.7 Å². The van der Waals surface area contributed by atoms with Crippen molar-refractivity contribution in [3.63, 3.8) is 0 Å². The number of ketones is 1. The molecule has 1 heterocycles. The van der Waals surface area contributed by atoms with Gasteiger partial charge in [-0.15, -0.1) is 11.8 Å². The van der Waals surface area contributed by atoms with Crippen LogP contribution in [-0.2, 0) is 0 Å². The number of thioether (sulfide) groups is 1. The summed E-state index contributed by atoms with van der Waals surface area (Å²) >= 11 is 1.45. The molecule has 0 radical (unpaired) electrons. The summed E-state index contributed by atoms with van der Waals surface area (Å²) < 4.78 is 0.